The average Bonchev–Trinajstić information content (AvgIpc) is 3.04. The Bertz CT molecular complexity index is 912. The number of carbonyl (C=O) groups is 1. The van der Waals surface area contributed by atoms with Crippen LogP contribution in [0.1, 0.15) is 16.3 Å². The van der Waals surface area contributed by atoms with Crippen molar-refractivity contribution in [1.29, 1.82) is 0 Å². The number of nitrogens with zero attached hydrogens (tertiary/aromatic N) is 1. The molecule has 0 bridgehead atoms. The Morgan fingerprint density at radius 3 is 2.77 bits per heavy atom. The van der Waals surface area contributed by atoms with Gasteiger partial charge in [0.1, 0.15) is 23.2 Å². The molecule has 0 aliphatic heterocycles. The lowest BCUT2D eigenvalue weighted by Gasteiger charge is -2.06. The fourth-order valence-electron chi connectivity index (χ4n) is 2.23. The summed E-state index contributed by atoms with van der Waals surface area (Å²) in [5.74, 6) is 0.0524. The van der Waals surface area contributed by atoms with Crippen LogP contribution in [0.3, 0.4) is 0 Å². The van der Waals surface area contributed by atoms with Crippen LogP contribution in [0.5, 0.6) is 5.75 Å². The minimum atomic E-state index is -0.453. The fourth-order valence-corrected chi connectivity index (χ4v) is 3.15. The molecule has 0 atom stereocenters. The molecule has 1 aromatic heterocycles. The molecule has 0 saturated heterocycles. The first-order valence-corrected chi connectivity index (χ1v) is 9.13. The van der Waals surface area contributed by atoms with E-state index in [1.54, 1.807) is 0 Å². The minimum Gasteiger partial charge on any atom is -0.486 e. The van der Waals surface area contributed by atoms with Crippen LogP contribution in [0.2, 0.25) is 5.02 Å². The second-order valence-electron chi connectivity index (χ2n) is 5.68. The number of carbonyl (C=O) groups excluding carboxylic acids is 1. The molecule has 0 aliphatic carbocycles. The number of rotatable bonds is 6. The quantitative estimate of drug-likeness (QED) is 0.644. The largest absolute Gasteiger partial charge is 0.486 e. The lowest BCUT2D eigenvalue weighted by molar-refractivity contribution is -0.115. The van der Waals surface area contributed by atoms with Gasteiger partial charge >= 0.3 is 0 Å². The Labute approximate surface area is 159 Å². The molecule has 7 heteroatoms. The summed E-state index contributed by atoms with van der Waals surface area (Å²) in [6, 6.07) is 11.6. The number of aryl methyl sites for hydroxylation is 1. The molecule has 0 unspecified atom stereocenters. The highest BCUT2D eigenvalue weighted by molar-refractivity contribution is 7.09. The second-order valence-corrected chi connectivity index (χ2v) is 7.03. The predicted molar refractivity (Wildman–Crippen MR) is 101 cm³/mol. The predicted octanol–water partition coefficient (Wildman–Crippen LogP) is 5.00. The molecular formula is C19H16ClFN2O2S. The summed E-state index contributed by atoms with van der Waals surface area (Å²) in [5.41, 5.74) is 2.19. The van der Waals surface area contributed by atoms with Crippen LogP contribution in [0.4, 0.5) is 10.1 Å². The summed E-state index contributed by atoms with van der Waals surface area (Å²) in [5, 5.41) is 5.41. The number of ether oxygens (including phenoxy) is 1. The zero-order valence-corrected chi connectivity index (χ0v) is 15.5. The third kappa shape index (κ3) is 5.03. The number of aromatic nitrogens is 1. The fraction of sp³-hybridized carbons (Fsp3) is 0.158. The van der Waals surface area contributed by atoms with Crippen LogP contribution in [0.25, 0.3) is 0 Å². The monoisotopic (exact) mass is 390 g/mol. The van der Waals surface area contributed by atoms with Crippen molar-refractivity contribution in [1.82, 2.24) is 4.98 Å². The van der Waals surface area contributed by atoms with Crippen molar-refractivity contribution in [2.45, 2.75) is 20.0 Å². The molecule has 0 saturated carbocycles. The third-order valence-corrected chi connectivity index (χ3v) is 4.71. The van der Waals surface area contributed by atoms with Gasteiger partial charge in [0.2, 0.25) is 5.91 Å². The SMILES string of the molecule is Cc1ccc(OCc2nc(CC(=O)Nc3ccc(F)cc3Cl)cs2)cc1. The molecule has 0 radical (unpaired) electrons. The zero-order chi connectivity index (χ0) is 18.5. The summed E-state index contributed by atoms with van der Waals surface area (Å²) < 4.78 is 18.7. The van der Waals surface area contributed by atoms with Crippen molar-refractivity contribution in [2.75, 3.05) is 5.32 Å². The number of hydrogen-bond donors (Lipinski definition) is 1. The van der Waals surface area contributed by atoms with Gasteiger partial charge in [0.25, 0.3) is 0 Å². The summed E-state index contributed by atoms with van der Waals surface area (Å²) >= 11 is 7.34. The lowest BCUT2D eigenvalue weighted by Crippen LogP contribution is -2.15. The van der Waals surface area contributed by atoms with Gasteiger partial charge in [-0.3, -0.25) is 4.79 Å². The highest BCUT2D eigenvalue weighted by atomic mass is 35.5. The maximum Gasteiger partial charge on any atom is 0.230 e. The van der Waals surface area contributed by atoms with Crippen molar-refractivity contribution in [2.24, 2.45) is 0 Å². The van der Waals surface area contributed by atoms with Gasteiger partial charge in [-0.25, -0.2) is 9.37 Å². The van der Waals surface area contributed by atoms with E-state index in [0.29, 0.717) is 18.0 Å². The Morgan fingerprint density at radius 2 is 2.04 bits per heavy atom. The van der Waals surface area contributed by atoms with E-state index in [-0.39, 0.29) is 17.4 Å². The summed E-state index contributed by atoms with van der Waals surface area (Å²) in [7, 11) is 0. The van der Waals surface area contributed by atoms with Gasteiger partial charge in [-0.05, 0) is 37.3 Å². The topological polar surface area (TPSA) is 51.2 Å². The second kappa shape index (κ2) is 8.29. The van der Waals surface area contributed by atoms with Gasteiger partial charge < -0.3 is 10.1 Å². The third-order valence-electron chi connectivity index (χ3n) is 3.53. The number of anilines is 1. The van der Waals surface area contributed by atoms with E-state index in [1.807, 2.05) is 36.6 Å². The Kier molecular flexibility index (Phi) is 5.85. The molecule has 26 heavy (non-hydrogen) atoms. The molecule has 1 heterocycles. The van der Waals surface area contributed by atoms with Gasteiger partial charge in [-0.2, -0.15) is 0 Å². The highest BCUT2D eigenvalue weighted by Crippen LogP contribution is 2.23. The van der Waals surface area contributed by atoms with Crippen molar-refractivity contribution in [3.05, 3.63) is 74.9 Å². The molecular weight excluding hydrogens is 375 g/mol. The first-order valence-electron chi connectivity index (χ1n) is 7.87. The molecule has 134 valence electrons. The van der Waals surface area contributed by atoms with E-state index in [1.165, 1.54) is 29.0 Å². The van der Waals surface area contributed by atoms with E-state index in [9.17, 15) is 9.18 Å². The first-order chi connectivity index (χ1) is 12.5. The van der Waals surface area contributed by atoms with Crippen molar-refractivity contribution in [3.63, 3.8) is 0 Å². The number of amides is 1. The van der Waals surface area contributed by atoms with Gasteiger partial charge in [0, 0.05) is 5.38 Å². The van der Waals surface area contributed by atoms with Gasteiger partial charge in [0.15, 0.2) is 0 Å². The standard InChI is InChI=1S/C19H16ClFN2O2S/c1-12-2-5-15(6-3-12)25-10-19-22-14(11-26-19)9-18(24)23-17-7-4-13(21)8-16(17)20/h2-8,11H,9-10H2,1H3,(H,23,24). The Morgan fingerprint density at radius 1 is 1.27 bits per heavy atom. The van der Waals surface area contributed by atoms with Crippen molar-refractivity contribution < 1.29 is 13.9 Å². The minimum absolute atomic E-state index is 0.106. The molecule has 4 nitrogen and oxygen atoms in total. The van der Waals surface area contributed by atoms with E-state index in [4.69, 9.17) is 16.3 Å². The van der Waals surface area contributed by atoms with Crippen LogP contribution in [0, 0.1) is 12.7 Å². The van der Waals surface area contributed by atoms with Gasteiger partial charge in [-0.15, -0.1) is 11.3 Å². The smallest absolute Gasteiger partial charge is 0.230 e. The molecule has 0 spiro atoms. The number of thiazole rings is 1. The number of benzene rings is 2. The van der Waals surface area contributed by atoms with Gasteiger partial charge in [-0.1, -0.05) is 29.3 Å². The van der Waals surface area contributed by atoms with E-state index >= 15 is 0 Å². The Hall–Kier alpha value is -2.44. The molecule has 3 aromatic rings. The van der Waals surface area contributed by atoms with Crippen LogP contribution in [0.15, 0.2) is 47.8 Å². The normalized spacial score (nSPS) is 10.6. The summed E-state index contributed by atoms with van der Waals surface area (Å²) in [6.07, 6.45) is 0.106. The molecule has 3 rings (SSSR count). The number of nitrogens with one attached hydrogen (secondary N) is 1. The van der Waals surface area contributed by atoms with E-state index in [2.05, 4.69) is 10.3 Å². The highest BCUT2D eigenvalue weighted by Gasteiger charge is 2.11. The van der Waals surface area contributed by atoms with E-state index < -0.39 is 5.82 Å². The molecule has 1 amide bonds. The Balaban J connectivity index is 1.54. The molecule has 1 N–H and O–H groups in total. The molecule has 0 aliphatic rings. The van der Waals surface area contributed by atoms with Crippen LogP contribution in [-0.2, 0) is 17.8 Å². The van der Waals surface area contributed by atoms with Crippen molar-refractivity contribution >= 4 is 34.5 Å². The van der Waals surface area contributed by atoms with Gasteiger partial charge in [0.05, 0.1) is 22.8 Å². The maximum atomic E-state index is 13.0. The number of hydrogen-bond acceptors (Lipinski definition) is 4. The van der Waals surface area contributed by atoms with Crippen molar-refractivity contribution in [3.8, 4) is 5.75 Å². The first kappa shape index (κ1) is 18.4. The molecule has 0 fully saturated rings. The zero-order valence-electron chi connectivity index (χ0n) is 14.0. The average molecular weight is 391 g/mol. The number of halogens is 2. The van der Waals surface area contributed by atoms with Crippen LogP contribution >= 0.6 is 22.9 Å². The molecule has 2 aromatic carbocycles. The van der Waals surface area contributed by atoms with E-state index in [0.717, 1.165) is 16.8 Å². The van der Waals surface area contributed by atoms with Crippen LogP contribution in [-0.4, -0.2) is 10.9 Å². The summed E-state index contributed by atoms with van der Waals surface area (Å²) in [6.45, 7) is 2.36. The lowest BCUT2D eigenvalue weighted by atomic mass is 10.2. The summed E-state index contributed by atoms with van der Waals surface area (Å²) in [4.78, 5) is 16.5. The van der Waals surface area contributed by atoms with Crippen LogP contribution < -0.4 is 10.1 Å². The maximum absolute atomic E-state index is 13.0.